The van der Waals surface area contributed by atoms with Crippen molar-refractivity contribution in [1.82, 2.24) is 10.3 Å². The maximum atomic E-state index is 5.42. The Labute approximate surface area is 116 Å². The zero-order chi connectivity index (χ0) is 12.8. The molecule has 0 aromatic carbocycles. The first-order chi connectivity index (χ1) is 8.79. The van der Waals surface area contributed by atoms with E-state index in [9.17, 15) is 0 Å². The largest absolute Gasteiger partial charge is 0.469 e. The molecule has 0 aliphatic heterocycles. The van der Waals surface area contributed by atoms with Gasteiger partial charge < -0.3 is 9.73 Å². The Bertz CT molecular complexity index is 470. The van der Waals surface area contributed by atoms with Crippen LogP contribution in [0.15, 0.2) is 45.7 Å². The number of furan rings is 1. The van der Waals surface area contributed by atoms with Crippen molar-refractivity contribution in [2.24, 2.45) is 0 Å². The number of aromatic nitrogens is 1. The van der Waals surface area contributed by atoms with Gasteiger partial charge in [-0.2, -0.15) is 0 Å². The van der Waals surface area contributed by atoms with Gasteiger partial charge in [-0.25, -0.2) is 0 Å². The van der Waals surface area contributed by atoms with Gasteiger partial charge in [0.25, 0.3) is 0 Å². The number of pyridine rings is 1. The van der Waals surface area contributed by atoms with E-state index < -0.39 is 0 Å². The lowest BCUT2D eigenvalue weighted by molar-refractivity contribution is 0.448. The molecule has 0 aliphatic rings. The quantitative estimate of drug-likeness (QED) is 0.884. The summed E-state index contributed by atoms with van der Waals surface area (Å²) in [6.07, 6.45) is 7.36. The lowest BCUT2D eigenvalue weighted by atomic mass is 10.0. The standard InChI is InChI=1S/C14H17BrN2O/c1-2-5-17-14(8-13-4-3-6-18-13)11-7-12(15)10-16-9-11/h3-4,6-7,9-10,14,17H,2,5,8H2,1H3. The number of halogens is 1. The van der Waals surface area contributed by atoms with Crippen molar-refractivity contribution < 1.29 is 4.42 Å². The lowest BCUT2D eigenvalue weighted by Gasteiger charge is -2.17. The molecule has 2 rings (SSSR count). The second-order valence-corrected chi connectivity index (χ2v) is 5.14. The minimum atomic E-state index is 0.237. The number of rotatable bonds is 6. The van der Waals surface area contributed by atoms with E-state index in [0.717, 1.165) is 29.6 Å². The molecule has 96 valence electrons. The van der Waals surface area contributed by atoms with Crippen LogP contribution in [0.25, 0.3) is 0 Å². The fourth-order valence-electron chi connectivity index (χ4n) is 1.88. The second-order valence-electron chi connectivity index (χ2n) is 4.23. The van der Waals surface area contributed by atoms with Crippen LogP contribution in [0.4, 0.5) is 0 Å². The van der Waals surface area contributed by atoms with Gasteiger partial charge in [0.2, 0.25) is 0 Å². The highest BCUT2D eigenvalue weighted by atomic mass is 79.9. The van der Waals surface area contributed by atoms with E-state index in [2.05, 4.69) is 39.2 Å². The molecular formula is C14H17BrN2O. The summed E-state index contributed by atoms with van der Waals surface area (Å²) in [6, 6.07) is 6.27. The van der Waals surface area contributed by atoms with Crippen LogP contribution in [-0.4, -0.2) is 11.5 Å². The Morgan fingerprint density at radius 2 is 2.33 bits per heavy atom. The molecule has 2 aromatic heterocycles. The van der Waals surface area contributed by atoms with Crippen molar-refractivity contribution in [2.45, 2.75) is 25.8 Å². The SMILES string of the molecule is CCCNC(Cc1ccco1)c1cncc(Br)c1. The molecule has 1 N–H and O–H groups in total. The van der Waals surface area contributed by atoms with Crippen LogP contribution in [0.5, 0.6) is 0 Å². The Balaban J connectivity index is 2.13. The number of hydrogen-bond acceptors (Lipinski definition) is 3. The van der Waals surface area contributed by atoms with Crippen LogP contribution >= 0.6 is 15.9 Å². The Morgan fingerprint density at radius 3 is 3.00 bits per heavy atom. The van der Waals surface area contributed by atoms with Gasteiger partial charge >= 0.3 is 0 Å². The topological polar surface area (TPSA) is 38.1 Å². The molecule has 2 aromatic rings. The molecule has 0 amide bonds. The van der Waals surface area contributed by atoms with Crippen LogP contribution in [0.2, 0.25) is 0 Å². The summed E-state index contributed by atoms with van der Waals surface area (Å²) in [5.74, 6) is 0.989. The summed E-state index contributed by atoms with van der Waals surface area (Å²) in [4.78, 5) is 4.22. The van der Waals surface area contributed by atoms with Crippen LogP contribution < -0.4 is 5.32 Å². The fraction of sp³-hybridized carbons (Fsp3) is 0.357. The van der Waals surface area contributed by atoms with Crippen molar-refractivity contribution >= 4 is 15.9 Å². The molecule has 0 saturated carbocycles. The first-order valence-electron chi connectivity index (χ1n) is 6.16. The molecule has 0 bridgehead atoms. The number of nitrogens with one attached hydrogen (secondary N) is 1. The predicted molar refractivity (Wildman–Crippen MR) is 75.4 cm³/mol. The predicted octanol–water partition coefficient (Wildman–Crippen LogP) is 3.72. The van der Waals surface area contributed by atoms with E-state index in [0.29, 0.717) is 0 Å². The first kappa shape index (κ1) is 13.3. The summed E-state index contributed by atoms with van der Waals surface area (Å²) in [7, 11) is 0. The Hall–Kier alpha value is -1.13. The van der Waals surface area contributed by atoms with E-state index >= 15 is 0 Å². The maximum absolute atomic E-state index is 5.42. The summed E-state index contributed by atoms with van der Waals surface area (Å²) < 4.78 is 6.43. The fourth-order valence-corrected chi connectivity index (χ4v) is 2.26. The van der Waals surface area contributed by atoms with Crippen molar-refractivity contribution in [3.8, 4) is 0 Å². The Kier molecular flexibility index (Phi) is 4.96. The van der Waals surface area contributed by atoms with Crippen molar-refractivity contribution in [1.29, 1.82) is 0 Å². The molecule has 0 saturated heterocycles. The van der Waals surface area contributed by atoms with Crippen molar-refractivity contribution in [2.75, 3.05) is 6.54 Å². The molecule has 1 unspecified atom stereocenters. The molecule has 3 nitrogen and oxygen atoms in total. The van der Waals surface area contributed by atoms with Gasteiger partial charge in [-0.1, -0.05) is 6.92 Å². The van der Waals surface area contributed by atoms with E-state index in [1.54, 1.807) is 12.5 Å². The van der Waals surface area contributed by atoms with Gasteiger partial charge in [-0.05, 0) is 52.7 Å². The molecule has 0 fully saturated rings. The van der Waals surface area contributed by atoms with Crippen molar-refractivity contribution in [3.05, 3.63) is 52.7 Å². The molecular weight excluding hydrogens is 292 g/mol. The minimum absolute atomic E-state index is 0.237. The first-order valence-corrected chi connectivity index (χ1v) is 6.95. The van der Waals surface area contributed by atoms with E-state index in [-0.39, 0.29) is 6.04 Å². The molecule has 18 heavy (non-hydrogen) atoms. The van der Waals surface area contributed by atoms with E-state index in [4.69, 9.17) is 4.42 Å². The van der Waals surface area contributed by atoms with Gasteiger partial charge in [0.15, 0.2) is 0 Å². The third-order valence-electron chi connectivity index (χ3n) is 2.75. The maximum Gasteiger partial charge on any atom is 0.105 e. The summed E-state index contributed by atoms with van der Waals surface area (Å²) in [6.45, 7) is 3.15. The monoisotopic (exact) mass is 308 g/mol. The third kappa shape index (κ3) is 3.68. The molecule has 0 aliphatic carbocycles. The van der Waals surface area contributed by atoms with Gasteiger partial charge in [-0.3, -0.25) is 4.98 Å². The highest BCUT2D eigenvalue weighted by Crippen LogP contribution is 2.21. The zero-order valence-corrected chi connectivity index (χ0v) is 12.0. The van der Waals surface area contributed by atoms with Gasteiger partial charge in [-0.15, -0.1) is 0 Å². The van der Waals surface area contributed by atoms with Crippen LogP contribution in [0, 0.1) is 0 Å². The van der Waals surface area contributed by atoms with Crippen LogP contribution in [-0.2, 0) is 6.42 Å². The third-order valence-corrected chi connectivity index (χ3v) is 3.19. The lowest BCUT2D eigenvalue weighted by Crippen LogP contribution is -2.24. The normalized spacial score (nSPS) is 12.6. The average Bonchev–Trinajstić information content (AvgIpc) is 2.87. The molecule has 2 heterocycles. The van der Waals surface area contributed by atoms with E-state index in [1.807, 2.05) is 18.3 Å². The van der Waals surface area contributed by atoms with E-state index in [1.165, 1.54) is 5.56 Å². The molecule has 4 heteroatoms. The van der Waals surface area contributed by atoms with Gasteiger partial charge in [0.05, 0.1) is 6.26 Å². The number of nitrogens with zero attached hydrogens (tertiary/aromatic N) is 1. The van der Waals surface area contributed by atoms with Crippen LogP contribution in [0.1, 0.15) is 30.7 Å². The molecule has 1 atom stereocenters. The van der Waals surface area contributed by atoms with Crippen LogP contribution in [0.3, 0.4) is 0 Å². The smallest absolute Gasteiger partial charge is 0.105 e. The molecule has 0 radical (unpaired) electrons. The highest BCUT2D eigenvalue weighted by Gasteiger charge is 2.13. The highest BCUT2D eigenvalue weighted by molar-refractivity contribution is 9.10. The summed E-state index contributed by atoms with van der Waals surface area (Å²) in [5, 5.41) is 3.53. The average molecular weight is 309 g/mol. The van der Waals surface area contributed by atoms with Crippen molar-refractivity contribution in [3.63, 3.8) is 0 Å². The number of hydrogen-bond donors (Lipinski definition) is 1. The summed E-state index contributed by atoms with van der Waals surface area (Å²) >= 11 is 3.46. The van der Waals surface area contributed by atoms with Gasteiger partial charge in [0, 0.05) is 29.3 Å². The Morgan fingerprint density at radius 1 is 1.44 bits per heavy atom. The second kappa shape index (κ2) is 6.71. The summed E-state index contributed by atoms with van der Waals surface area (Å²) in [5.41, 5.74) is 1.18. The zero-order valence-electron chi connectivity index (χ0n) is 10.4. The molecule has 0 spiro atoms. The van der Waals surface area contributed by atoms with Gasteiger partial charge in [0.1, 0.15) is 5.76 Å². The minimum Gasteiger partial charge on any atom is -0.469 e.